The molecule has 3 aromatic heterocycles. The number of nitrogens with one attached hydrogen (secondary N) is 1. The molecular weight excluding hydrogens is 440 g/mol. The zero-order valence-electron chi connectivity index (χ0n) is 17.7. The summed E-state index contributed by atoms with van der Waals surface area (Å²) in [5.41, 5.74) is 4.77. The smallest absolute Gasteiger partial charge is 0.270 e. The van der Waals surface area contributed by atoms with Gasteiger partial charge >= 0.3 is 0 Å². The Morgan fingerprint density at radius 1 is 1.21 bits per heavy atom. The third-order valence-electron chi connectivity index (χ3n) is 5.64. The SMILES string of the molecule is Cc1cc(-c2c(-c3cccc(C#N)c3)nn3ccc(C(=O)N[C@H]4C[C@H](O)C4)nc23)cc(Cl)n1. The third kappa shape index (κ3) is 4.04. The van der Waals surface area contributed by atoms with E-state index in [0.29, 0.717) is 40.5 Å². The standard InChI is InChI=1S/C24H19ClN6O2/c1-13-7-16(9-20(25)27-13)21-22(15-4-2-3-14(8-15)12-26)30-31-6-5-19(29-23(21)31)24(33)28-17-10-18(32)11-17/h2-9,17-18,32H,10-11H2,1H3,(H,28,33)/t17-,18-. The van der Waals surface area contributed by atoms with Crippen LogP contribution in [0, 0.1) is 18.3 Å². The number of carbonyl (C=O) groups is 1. The molecular formula is C24H19ClN6O2. The highest BCUT2D eigenvalue weighted by molar-refractivity contribution is 6.29. The van der Waals surface area contributed by atoms with Gasteiger partial charge in [-0.25, -0.2) is 14.5 Å². The summed E-state index contributed by atoms with van der Waals surface area (Å²) < 4.78 is 1.61. The van der Waals surface area contributed by atoms with Gasteiger partial charge in [0.05, 0.1) is 23.3 Å². The Hall–Kier alpha value is -3.80. The van der Waals surface area contributed by atoms with Crippen LogP contribution in [-0.4, -0.2) is 42.7 Å². The molecule has 1 aliphatic rings. The molecule has 1 amide bonds. The van der Waals surface area contributed by atoms with Crippen molar-refractivity contribution in [1.82, 2.24) is 24.9 Å². The maximum absolute atomic E-state index is 12.8. The number of hydrogen-bond donors (Lipinski definition) is 2. The van der Waals surface area contributed by atoms with E-state index in [1.165, 1.54) is 0 Å². The van der Waals surface area contributed by atoms with Crippen LogP contribution in [0.5, 0.6) is 0 Å². The fourth-order valence-corrected chi connectivity index (χ4v) is 4.25. The molecule has 0 saturated heterocycles. The fraction of sp³-hybridized carbons (Fsp3) is 0.208. The molecule has 1 aromatic carbocycles. The second kappa shape index (κ2) is 8.28. The first-order chi connectivity index (χ1) is 15.9. The molecule has 3 heterocycles. The molecule has 1 saturated carbocycles. The zero-order chi connectivity index (χ0) is 23.1. The van der Waals surface area contributed by atoms with Crippen molar-refractivity contribution in [2.75, 3.05) is 0 Å². The number of aliphatic hydroxyl groups excluding tert-OH is 1. The van der Waals surface area contributed by atoms with E-state index in [2.05, 4.69) is 21.4 Å². The summed E-state index contributed by atoms with van der Waals surface area (Å²) in [6, 6.07) is 14.5. The van der Waals surface area contributed by atoms with Crippen molar-refractivity contribution in [1.29, 1.82) is 5.26 Å². The molecule has 4 aromatic rings. The summed E-state index contributed by atoms with van der Waals surface area (Å²) >= 11 is 6.25. The van der Waals surface area contributed by atoms with E-state index in [1.54, 1.807) is 41.0 Å². The number of nitriles is 1. The Labute approximate surface area is 194 Å². The molecule has 33 heavy (non-hydrogen) atoms. The minimum Gasteiger partial charge on any atom is -0.393 e. The van der Waals surface area contributed by atoms with Gasteiger partial charge in [-0.05, 0) is 55.7 Å². The lowest BCUT2D eigenvalue weighted by Gasteiger charge is -2.31. The van der Waals surface area contributed by atoms with E-state index in [-0.39, 0.29) is 23.7 Å². The summed E-state index contributed by atoms with van der Waals surface area (Å²) in [6.45, 7) is 1.84. The lowest BCUT2D eigenvalue weighted by Crippen LogP contribution is -2.46. The van der Waals surface area contributed by atoms with Gasteiger partial charge < -0.3 is 10.4 Å². The first kappa shape index (κ1) is 21.1. The van der Waals surface area contributed by atoms with Gasteiger partial charge in [0.1, 0.15) is 16.5 Å². The Kier molecular flexibility index (Phi) is 5.29. The van der Waals surface area contributed by atoms with Crippen LogP contribution >= 0.6 is 11.6 Å². The van der Waals surface area contributed by atoms with Gasteiger partial charge in [0, 0.05) is 23.5 Å². The molecule has 0 atom stereocenters. The molecule has 0 unspecified atom stereocenters. The number of aromatic nitrogens is 4. The minimum absolute atomic E-state index is 0.0548. The number of aryl methyl sites for hydroxylation is 1. The highest BCUT2D eigenvalue weighted by atomic mass is 35.5. The summed E-state index contributed by atoms with van der Waals surface area (Å²) in [4.78, 5) is 21.6. The van der Waals surface area contributed by atoms with Crippen molar-refractivity contribution >= 4 is 23.2 Å². The number of hydrogen-bond acceptors (Lipinski definition) is 6. The first-order valence-corrected chi connectivity index (χ1v) is 10.8. The van der Waals surface area contributed by atoms with Crippen LogP contribution in [0.3, 0.4) is 0 Å². The van der Waals surface area contributed by atoms with Gasteiger partial charge in [-0.3, -0.25) is 4.79 Å². The number of amides is 1. The van der Waals surface area contributed by atoms with Crippen LogP contribution in [0.15, 0.2) is 48.7 Å². The average molecular weight is 459 g/mol. The topological polar surface area (TPSA) is 116 Å². The number of benzene rings is 1. The van der Waals surface area contributed by atoms with Crippen LogP contribution in [0.25, 0.3) is 28.0 Å². The van der Waals surface area contributed by atoms with E-state index >= 15 is 0 Å². The number of fused-ring (bicyclic) bond motifs is 1. The van der Waals surface area contributed by atoms with Crippen LogP contribution < -0.4 is 5.32 Å². The zero-order valence-corrected chi connectivity index (χ0v) is 18.4. The van der Waals surface area contributed by atoms with Crippen LogP contribution in [0.2, 0.25) is 5.15 Å². The number of aliphatic hydroxyl groups is 1. The first-order valence-electron chi connectivity index (χ1n) is 10.4. The van der Waals surface area contributed by atoms with E-state index in [4.69, 9.17) is 16.7 Å². The number of rotatable bonds is 4. The van der Waals surface area contributed by atoms with Gasteiger partial charge in [0.15, 0.2) is 5.65 Å². The Balaban J connectivity index is 1.67. The Morgan fingerprint density at radius 3 is 2.76 bits per heavy atom. The molecule has 164 valence electrons. The maximum Gasteiger partial charge on any atom is 0.270 e. The van der Waals surface area contributed by atoms with Crippen molar-refractivity contribution < 1.29 is 9.90 Å². The molecule has 0 spiro atoms. The molecule has 5 rings (SSSR count). The summed E-state index contributed by atoms with van der Waals surface area (Å²) in [5, 5.41) is 26.8. The van der Waals surface area contributed by atoms with Gasteiger partial charge in [-0.2, -0.15) is 10.4 Å². The molecule has 9 heteroatoms. The van der Waals surface area contributed by atoms with E-state index in [1.807, 2.05) is 19.1 Å². The average Bonchev–Trinajstić information content (AvgIpc) is 3.16. The lowest BCUT2D eigenvalue weighted by molar-refractivity contribution is 0.0560. The number of nitrogens with zero attached hydrogens (tertiary/aromatic N) is 5. The van der Waals surface area contributed by atoms with E-state index in [0.717, 1.165) is 16.8 Å². The minimum atomic E-state index is -0.362. The van der Waals surface area contributed by atoms with Gasteiger partial charge in [0.25, 0.3) is 5.91 Å². The van der Waals surface area contributed by atoms with E-state index in [9.17, 15) is 15.2 Å². The van der Waals surface area contributed by atoms with Crippen molar-refractivity contribution in [2.24, 2.45) is 0 Å². The molecule has 2 N–H and O–H groups in total. The van der Waals surface area contributed by atoms with Gasteiger partial charge in [-0.1, -0.05) is 23.7 Å². The Bertz CT molecular complexity index is 1410. The largest absolute Gasteiger partial charge is 0.393 e. The van der Waals surface area contributed by atoms with Gasteiger partial charge in [0.2, 0.25) is 0 Å². The van der Waals surface area contributed by atoms with Crippen LogP contribution in [0.1, 0.15) is 34.6 Å². The summed E-state index contributed by atoms with van der Waals surface area (Å²) in [5.74, 6) is -0.307. The van der Waals surface area contributed by atoms with E-state index < -0.39 is 0 Å². The fourth-order valence-electron chi connectivity index (χ4n) is 4.00. The third-order valence-corrected chi connectivity index (χ3v) is 5.84. The molecule has 8 nitrogen and oxygen atoms in total. The monoisotopic (exact) mass is 458 g/mol. The summed E-state index contributed by atoms with van der Waals surface area (Å²) in [6.07, 6.45) is 2.41. The van der Waals surface area contributed by atoms with Crippen molar-refractivity contribution in [2.45, 2.75) is 31.9 Å². The molecule has 1 fully saturated rings. The highest BCUT2D eigenvalue weighted by Crippen LogP contribution is 2.36. The number of pyridine rings is 1. The summed E-state index contributed by atoms with van der Waals surface area (Å²) in [7, 11) is 0. The highest BCUT2D eigenvalue weighted by Gasteiger charge is 2.29. The number of carbonyl (C=O) groups excluding carboxylic acids is 1. The molecule has 0 aliphatic heterocycles. The van der Waals surface area contributed by atoms with Crippen LogP contribution in [-0.2, 0) is 0 Å². The second-order valence-corrected chi connectivity index (χ2v) is 8.50. The second-order valence-electron chi connectivity index (χ2n) is 8.11. The number of halogens is 1. The molecule has 1 aliphatic carbocycles. The maximum atomic E-state index is 12.8. The predicted molar refractivity (Wildman–Crippen MR) is 123 cm³/mol. The molecule has 0 bridgehead atoms. The normalized spacial score (nSPS) is 17.4. The van der Waals surface area contributed by atoms with Crippen molar-refractivity contribution in [3.63, 3.8) is 0 Å². The lowest BCUT2D eigenvalue weighted by atomic mass is 9.89. The Morgan fingerprint density at radius 2 is 2.03 bits per heavy atom. The van der Waals surface area contributed by atoms with Crippen LogP contribution in [0.4, 0.5) is 0 Å². The van der Waals surface area contributed by atoms with Crippen molar-refractivity contribution in [3.8, 4) is 28.5 Å². The molecule has 0 radical (unpaired) electrons. The predicted octanol–water partition coefficient (Wildman–Crippen LogP) is 3.54. The van der Waals surface area contributed by atoms with Crippen molar-refractivity contribution in [3.05, 3.63) is 70.8 Å². The van der Waals surface area contributed by atoms with Gasteiger partial charge in [-0.15, -0.1) is 0 Å². The quantitative estimate of drug-likeness (QED) is 0.452.